The molecule has 80 valence electrons. The van der Waals surface area contributed by atoms with Gasteiger partial charge in [0.05, 0.1) is 19.1 Å². The molecule has 0 aliphatic heterocycles. The van der Waals surface area contributed by atoms with E-state index in [1.165, 1.54) is 5.56 Å². The molecule has 0 unspecified atom stereocenters. The summed E-state index contributed by atoms with van der Waals surface area (Å²) >= 11 is 0. The minimum atomic E-state index is 0.615. The van der Waals surface area contributed by atoms with Crippen LogP contribution in [-0.2, 0) is 11.3 Å². The van der Waals surface area contributed by atoms with Crippen LogP contribution in [0, 0.1) is 5.92 Å². The van der Waals surface area contributed by atoms with Gasteiger partial charge in [0.15, 0.2) is 0 Å². The Bertz CT molecular complexity index is 219. The lowest BCUT2D eigenvalue weighted by molar-refractivity contribution is 0.111. The van der Waals surface area contributed by atoms with Crippen LogP contribution in [0.4, 0.5) is 0 Å². The number of rotatable bonds is 7. The van der Waals surface area contributed by atoms with E-state index in [-0.39, 0.29) is 0 Å². The number of hydrogen-bond acceptors (Lipinski definition) is 3. The molecule has 0 amide bonds. The highest BCUT2D eigenvalue weighted by Gasteiger charge is 1.95. The Kier molecular flexibility index (Phi) is 5.33. The number of hydrogen-bond donors (Lipinski definition) is 1. The van der Waals surface area contributed by atoms with E-state index in [0.29, 0.717) is 5.92 Å². The van der Waals surface area contributed by atoms with E-state index >= 15 is 0 Å². The molecule has 0 saturated heterocycles. The van der Waals surface area contributed by atoms with Crippen molar-refractivity contribution in [1.29, 1.82) is 0 Å². The average molecular weight is 197 g/mol. The van der Waals surface area contributed by atoms with Gasteiger partial charge in [0.2, 0.25) is 0 Å². The fraction of sp³-hybridized carbons (Fsp3) is 0.636. The maximum atomic E-state index is 5.43. The zero-order valence-corrected chi connectivity index (χ0v) is 8.95. The molecule has 1 rings (SSSR count). The lowest BCUT2D eigenvalue weighted by Gasteiger charge is -2.07. The Morgan fingerprint density at radius 3 is 3.00 bits per heavy atom. The van der Waals surface area contributed by atoms with Crippen molar-refractivity contribution in [3.05, 3.63) is 24.2 Å². The Morgan fingerprint density at radius 1 is 1.50 bits per heavy atom. The molecule has 0 aromatic carbocycles. The van der Waals surface area contributed by atoms with E-state index in [2.05, 4.69) is 19.2 Å². The maximum Gasteiger partial charge on any atom is 0.0947 e. The molecule has 0 bridgehead atoms. The van der Waals surface area contributed by atoms with Crippen LogP contribution in [0.25, 0.3) is 0 Å². The number of nitrogens with one attached hydrogen (secondary N) is 1. The van der Waals surface area contributed by atoms with Crippen LogP contribution in [0.5, 0.6) is 0 Å². The average Bonchev–Trinajstić information content (AvgIpc) is 2.63. The summed E-state index contributed by atoms with van der Waals surface area (Å²) in [5.74, 6) is 0.615. The monoisotopic (exact) mass is 197 g/mol. The van der Waals surface area contributed by atoms with Crippen LogP contribution in [0.1, 0.15) is 19.4 Å². The third kappa shape index (κ3) is 5.04. The molecular formula is C11H19NO2. The highest BCUT2D eigenvalue weighted by atomic mass is 16.5. The molecule has 1 heterocycles. The van der Waals surface area contributed by atoms with Crippen molar-refractivity contribution in [2.24, 2.45) is 5.92 Å². The second-order valence-electron chi connectivity index (χ2n) is 3.78. The summed E-state index contributed by atoms with van der Waals surface area (Å²) in [6.45, 7) is 7.65. The van der Waals surface area contributed by atoms with Crippen molar-refractivity contribution < 1.29 is 9.15 Å². The van der Waals surface area contributed by atoms with Crippen molar-refractivity contribution in [2.45, 2.75) is 20.4 Å². The van der Waals surface area contributed by atoms with Crippen molar-refractivity contribution in [2.75, 3.05) is 19.8 Å². The molecular weight excluding hydrogens is 178 g/mol. The normalized spacial score (nSPS) is 11.1. The highest BCUT2D eigenvalue weighted by Crippen LogP contribution is 1.98. The smallest absolute Gasteiger partial charge is 0.0947 e. The molecule has 0 atom stereocenters. The van der Waals surface area contributed by atoms with E-state index in [1.54, 1.807) is 12.5 Å². The van der Waals surface area contributed by atoms with E-state index < -0.39 is 0 Å². The topological polar surface area (TPSA) is 34.4 Å². The van der Waals surface area contributed by atoms with Gasteiger partial charge in [0.1, 0.15) is 0 Å². The first-order valence-electron chi connectivity index (χ1n) is 5.08. The summed E-state index contributed by atoms with van der Waals surface area (Å²) in [6.07, 6.45) is 3.44. The summed E-state index contributed by atoms with van der Waals surface area (Å²) in [7, 11) is 0. The van der Waals surface area contributed by atoms with Crippen LogP contribution in [0.2, 0.25) is 0 Å². The molecule has 1 aromatic rings. The Morgan fingerprint density at radius 2 is 2.36 bits per heavy atom. The van der Waals surface area contributed by atoms with Crippen LogP contribution in [-0.4, -0.2) is 19.8 Å². The number of furan rings is 1. The predicted molar refractivity (Wildman–Crippen MR) is 56.1 cm³/mol. The molecule has 0 aliphatic carbocycles. The molecule has 1 aromatic heterocycles. The maximum absolute atomic E-state index is 5.43. The van der Waals surface area contributed by atoms with Crippen molar-refractivity contribution in [3.63, 3.8) is 0 Å². The van der Waals surface area contributed by atoms with Gasteiger partial charge in [-0.3, -0.25) is 0 Å². The van der Waals surface area contributed by atoms with E-state index in [1.807, 2.05) is 6.07 Å². The van der Waals surface area contributed by atoms with Crippen molar-refractivity contribution in [3.8, 4) is 0 Å². The fourth-order valence-corrected chi connectivity index (χ4v) is 1.09. The van der Waals surface area contributed by atoms with E-state index in [9.17, 15) is 0 Å². The predicted octanol–water partition coefficient (Wildman–Crippen LogP) is 2.04. The molecule has 0 radical (unpaired) electrons. The van der Waals surface area contributed by atoms with Crippen LogP contribution < -0.4 is 5.32 Å². The van der Waals surface area contributed by atoms with Gasteiger partial charge in [-0.1, -0.05) is 13.8 Å². The third-order valence-electron chi connectivity index (χ3n) is 1.78. The zero-order valence-electron chi connectivity index (χ0n) is 8.95. The quantitative estimate of drug-likeness (QED) is 0.679. The summed E-state index contributed by atoms with van der Waals surface area (Å²) in [5.41, 5.74) is 1.17. The van der Waals surface area contributed by atoms with Gasteiger partial charge in [-0.25, -0.2) is 0 Å². The Hall–Kier alpha value is -0.800. The van der Waals surface area contributed by atoms with Crippen LogP contribution >= 0.6 is 0 Å². The largest absolute Gasteiger partial charge is 0.472 e. The zero-order chi connectivity index (χ0) is 10.2. The van der Waals surface area contributed by atoms with Gasteiger partial charge < -0.3 is 14.5 Å². The second kappa shape index (κ2) is 6.62. The van der Waals surface area contributed by atoms with Crippen molar-refractivity contribution >= 4 is 0 Å². The molecule has 0 fully saturated rings. The summed E-state index contributed by atoms with van der Waals surface area (Å²) in [6, 6.07) is 1.96. The summed E-state index contributed by atoms with van der Waals surface area (Å²) < 4.78 is 10.4. The molecule has 14 heavy (non-hydrogen) atoms. The van der Waals surface area contributed by atoms with Gasteiger partial charge in [-0.05, 0) is 12.0 Å². The Labute approximate surface area is 85.4 Å². The lowest BCUT2D eigenvalue weighted by atomic mass is 10.2. The molecule has 3 heteroatoms. The standard InChI is InChI=1S/C11H19NO2/c1-10(2)8-14-6-4-12-7-11-3-5-13-9-11/h3,5,9-10,12H,4,6-8H2,1-2H3. The lowest BCUT2D eigenvalue weighted by Crippen LogP contribution is -2.19. The first kappa shape index (κ1) is 11.3. The van der Waals surface area contributed by atoms with Crippen molar-refractivity contribution in [1.82, 2.24) is 5.32 Å². The van der Waals surface area contributed by atoms with Crippen LogP contribution in [0.3, 0.4) is 0 Å². The SMILES string of the molecule is CC(C)COCCNCc1ccoc1. The Balaban J connectivity index is 1.90. The summed E-state index contributed by atoms with van der Waals surface area (Å²) in [5, 5.41) is 3.28. The second-order valence-corrected chi connectivity index (χ2v) is 3.78. The van der Waals surface area contributed by atoms with E-state index in [0.717, 1.165) is 26.3 Å². The van der Waals surface area contributed by atoms with Gasteiger partial charge in [-0.2, -0.15) is 0 Å². The van der Waals surface area contributed by atoms with Gasteiger partial charge in [0.25, 0.3) is 0 Å². The van der Waals surface area contributed by atoms with Gasteiger partial charge in [0, 0.05) is 25.3 Å². The third-order valence-corrected chi connectivity index (χ3v) is 1.78. The molecule has 3 nitrogen and oxygen atoms in total. The minimum Gasteiger partial charge on any atom is -0.472 e. The van der Waals surface area contributed by atoms with Gasteiger partial charge in [-0.15, -0.1) is 0 Å². The fourth-order valence-electron chi connectivity index (χ4n) is 1.09. The summed E-state index contributed by atoms with van der Waals surface area (Å²) in [4.78, 5) is 0. The first-order valence-corrected chi connectivity index (χ1v) is 5.08. The van der Waals surface area contributed by atoms with Crippen LogP contribution in [0.15, 0.2) is 23.0 Å². The van der Waals surface area contributed by atoms with Gasteiger partial charge >= 0.3 is 0 Å². The molecule has 1 N–H and O–H groups in total. The van der Waals surface area contributed by atoms with E-state index in [4.69, 9.17) is 9.15 Å². The molecule has 0 saturated carbocycles. The minimum absolute atomic E-state index is 0.615. The first-order chi connectivity index (χ1) is 6.79. The highest BCUT2D eigenvalue weighted by molar-refractivity contribution is 5.04. The number of ether oxygens (including phenoxy) is 1. The molecule has 0 spiro atoms. The molecule has 0 aliphatic rings.